The van der Waals surface area contributed by atoms with Gasteiger partial charge in [-0.25, -0.2) is 0 Å². The van der Waals surface area contributed by atoms with Crippen molar-refractivity contribution in [1.29, 1.82) is 0 Å². The molecule has 0 aliphatic rings. The number of terminal acetylenes is 1. The van der Waals surface area contributed by atoms with Crippen molar-refractivity contribution in [2.75, 3.05) is 11.9 Å². The molecule has 0 spiro atoms. The van der Waals surface area contributed by atoms with E-state index in [2.05, 4.69) is 11.2 Å². The predicted octanol–water partition coefficient (Wildman–Crippen LogP) is 0.831. The summed E-state index contributed by atoms with van der Waals surface area (Å²) in [7, 11) is 0. The first-order valence-corrected chi connectivity index (χ1v) is 3.81. The van der Waals surface area contributed by atoms with Gasteiger partial charge in [-0.1, -0.05) is 5.92 Å². The number of benzene rings is 1. The first-order chi connectivity index (χ1) is 6.24. The fraction of sp³-hybridized carbons (Fsp3) is 0.100. The van der Waals surface area contributed by atoms with Crippen LogP contribution in [0.3, 0.4) is 0 Å². The molecule has 0 saturated heterocycles. The van der Waals surface area contributed by atoms with Crippen molar-refractivity contribution in [3.63, 3.8) is 0 Å². The van der Waals surface area contributed by atoms with Gasteiger partial charge in [0.2, 0.25) is 5.91 Å². The molecule has 1 aromatic rings. The first kappa shape index (κ1) is 9.14. The normalized spacial score (nSPS) is 8.85. The van der Waals surface area contributed by atoms with E-state index in [0.717, 1.165) is 5.69 Å². The maximum absolute atomic E-state index is 10.7. The Morgan fingerprint density at radius 1 is 1.46 bits per heavy atom. The molecule has 66 valence electrons. The zero-order valence-electron chi connectivity index (χ0n) is 7.08. The Kier molecular flexibility index (Phi) is 2.93. The summed E-state index contributed by atoms with van der Waals surface area (Å²) in [6, 6.07) is 6.83. The number of anilines is 1. The number of nitrogens with one attached hydrogen (secondary N) is 1. The summed E-state index contributed by atoms with van der Waals surface area (Å²) < 4.78 is 0. The summed E-state index contributed by atoms with van der Waals surface area (Å²) in [4.78, 5) is 10.7. The molecule has 0 atom stereocenters. The third-order valence-corrected chi connectivity index (χ3v) is 1.56. The smallest absolute Gasteiger partial charge is 0.248 e. The van der Waals surface area contributed by atoms with Crippen molar-refractivity contribution in [1.82, 2.24) is 0 Å². The van der Waals surface area contributed by atoms with Gasteiger partial charge in [0, 0.05) is 11.3 Å². The molecule has 3 N–H and O–H groups in total. The lowest BCUT2D eigenvalue weighted by Crippen LogP contribution is -2.10. The van der Waals surface area contributed by atoms with Crippen LogP contribution in [-0.4, -0.2) is 12.5 Å². The van der Waals surface area contributed by atoms with Crippen LogP contribution < -0.4 is 11.1 Å². The standard InChI is InChI=1S/C10H10N2O/c1-2-7-12-9-5-3-8(4-6-9)10(11)13/h1,3-6,12H,7H2,(H2,11,13). The predicted molar refractivity (Wildman–Crippen MR) is 52.3 cm³/mol. The van der Waals surface area contributed by atoms with E-state index in [-0.39, 0.29) is 0 Å². The Balaban J connectivity index is 2.71. The molecule has 1 amide bonds. The number of rotatable bonds is 3. The van der Waals surface area contributed by atoms with E-state index in [4.69, 9.17) is 12.2 Å². The van der Waals surface area contributed by atoms with Crippen molar-refractivity contribution in [3.8, 4) is 12.3 Å². The fourth-order valence-electron chi connectivity index (χ4n) is 0.905. The number of carbonyl (C=O) groups is 1. The summed E-state index contributed by atoms with van der Waals surface area (Å²) >= 11 is 0. The summed E-state index contributed by atoms with van der Waals surface area (Å²) in [6.45, 7) is 0.468. The molecular weight excluding hydrogens is 164 g/mol. The topological polar surface area (TPSA) is 55.1 Å². The molecule has 0 saturated carbocycles. The van der Waals surface area contributed by atoms with E-state index >= 15 is 0 Å². The van der Waals surface area contributed by atoms with E-state index in [1.165, 1.54) is 0 Å². The number of hydrogen-bond donors (Lipinski definition) is 2. The highest BCUT2D eigenvalue weighted by Gasteiger charge is 1.98. The van der Waals surface area contributed by atoms with Gasteiger partial charge in [-0.2, -0.15) is 0 Å². The molecule has 3 nitrogen and oxygen atoms in total. The fourth-order valence-corrected chi connectivity index (χ4v) is 0.905. The minimum absolute atomic E-state index is 0.427. The second-order valence-electron chi connectivity index (χ2n) is 2.50. The number of primary amides is 1. The molecule has 0 radical (unpaired) electrons. The van der Waals surface area contributed by atoms with Crippen molar-refractivity contribution >= 4 is 11.6 Å². The molecule has 3 heteroatoms. The maximum Gasteiger partial charge on any atom is 0.248 e. The van der Waals surface area contributed by atoms with Crippen LogP contribution in [0.15, 0.2) is 24.3 Å². The zero-order chi connectivity index (χ0) is 9.68. The van der Waals surface area contributed by atoms with Crippen LogP contribution >= 0.6 is 0 Å². The third kappa shape index (κ3) is 2.53. The van der Waals surface area contributed by atoms with Gasteiger partial charge >= 0.3 is 0 Å². The highest BCUT2D eigenvalue weighted by atomic mass is 16.1. The summed E-state index contributed by atoms with van der Waals surface area (Å²) in [5.74, 6) is 2.02. The van der Waals surface area contributed by atoms with E-state index < -0.39 is 5.91 Å². The Morgan fingerprint density at radius 2 is 2.08 bits per heavy atom. The van der Waals surface area contributed by atoms with Crippen LogP contribution in [0, 0.1) is 12.3 Å². The number of nitrogens with two attached hydrogens (primary N) is 1. The Labute approximate surface area is 76.9 Å². The number of carbonyl (C=O) groups excluding carboxylic acids is 1. The van der Waals surface area contributed by atoms with Crippen LogP contribution in [0.4, 0.5) is 5.69 Å². The van der Waals surface area contributed by atoms with E-state index in [1.54, 1.807) is 24.3 Å². The van der Waals surface area contributed by atoms with E-state index in [9.17, 15) is 4.79 Å². The molecule has 0 unspecified atom stereocenters. The molecule has 0 aromatic heterocycles. The molecule has 13 heavy (non-hydrogen) atoms. The van der Waals surface area contributed by atoms with E-state index in [1.807, 2.05) is 0 Å². The molecule has 1 aromatic carbocycles. The van der Waals surface area contributed by atoms with Crippen molar-refractivity contribution in [3.05, 3.63) is 29.8 Å². The largest absolute Gasteiger partial charge is 0.374 e. The van der Waals surface area contributed by atoms with Crippen LogP contribution in [0.5, 0.6) is 0 Å². The minimum Gasteiger partial charge on any atom is -0.374 e. The lowest BCUT2D eigenvalue weighted by atomic mass is 10.2. The lowest BCUT2D eigenvalue weighted by molar-refractivity contribution is 0.100. The second-order valence-corrected chi connectivity index (χ2v) is 2.50. The quantitative estimate of drug-likeness (QED) is 0.667. The van der Waals surface area contributed by atoms with E-state index in [0.29, 0.717) is 12.1 Å². The van der Waals surface area contributed by atoms with Gasteiger partial charge in [0.1, 0.15) is 0 Å². The summed E-state index contributed by atoms with van der Waals surface area (Å²) in [5, 5.41) is 2.97. The van der Waals surface area contributed by atoms with Gasteiger partial charge in [-0.05, 0) is 24.3 Å². The molecule has 0 aliphatic carbocycles. The molecule has 0 bridgehead atoms. The van der Waals surface area contributed by atoms with Gasteiger partial charge in [-0.3, -0.25) is 4.79 Å². The van der Waals surface area contributed by atoms with Gasteiger partial charge in [0.15, 0.2) is 0 Å². The average molecular weight is 174 g/mol. The first-order valence-electron chi connectivity index (χ1n) is 3.81. The summed E-state index contributed by atoms with van der Waals surface area (Å²) in [5.41, 5.74) is 6.44. The Bertz CT molecular complexity index is 335. The van der Waals surface area contributed by atoms with Crippen molar-refractivity contribution < 1.29 is 4.79 Å². The van der Waals surface area contributed by atoms with Crippen LogP contribution in [0.2, 0.25) is 0 Å². The van der Waals surface area contributed by atoms with Crippen LogP contribution in [0.25, 0.3) is 0 Å². The summed E-state index contributed by atoms with van der Waals surface area (Å²) in [6.07, 6.45) is 5.07. The average Bonchev–Trinajstić information content (AvgIpc) is 2.15. The number of hydrogen-bond acceptors (Lipinski definition) is 2. The van der Waals surface area contributed by atoms with Gasteiger partial charge in [0.05, 0.1) is 6.54 Å². The number of amides is 1. The molecule has 0 fully saturated rings. The van der Waals surface area contributed by atoms with Crippen molar-refractivity contribution in [2.45, 2.75) is 0 Å². The van der Waals surface area contributed by atoms with Crippen LogP contribution in [-0.2, 0) is 0 Å². The molecule has 0 heterocycles. The van der Waals surface area contributed by atoms with Crippen molar-refractivity contribution in [2.24, 2.45) is 5.73 Å². The monoisotopic (exact) mass is 174 g/mol. The van der Waals surface area contributed by atoms with Gasteiger partial charge in [0.25, 0.3) is 0 Å². The third-order valence-electron chi connectivity index (χ3n) is 1.56. The van der Waals surface area contributed by atoms with Crippen LogP contribution in [0.1, 0.15) is 10.4 Å². The highest BCUT2D eigenvalue weighted by molar-refractivity contribution is 5.93. The van der Waals surface area contributed by atoms with Gasteiger partial charge in [-0.15, -0.1) is 6.42 Å². The molecule has 1 rings (SSSR count). The molecular formula is C10H10N2O. The SMILES string of the molecule is C#CCNc1ccc(C(N)=O)cc1. The minimum atomic E-state index is -0.427. The maximum atomic E-state index is 10.7. The van der Waals surface area contributed by atoms with Gasteiger partial charge < -0.3 is 11.1 Å². The second kappa shape index (κ2) is 4.17. The lowest BCUT2D eigenvalue weighted by Gasteiger charge is -2.02. The molecule has 0 aliphatic heterocycles. The zero-order valence-corrected chi connectivity index (χ0v) is 7.08. The Morgan fingerprint density at radius 3 is 2.54 bits per heavy atom. The highest BCUT2D eigenvalue weighted by Crippen LogP contribution is 2.08. The Hall–Kier alpha value is -1.95.